The summed E-state index contributed by atoms with van der Waals surface area (Å²) in [4.78, 5) is 47.7. The maximum Gasteiger partial charge on any atom is 0.256 e. The van der Waals surface area contributed by atoms with Crippen molar-refractivity contribution in [2.24, 2.45) is 0 Å². The number of pyridine rings is 1. The number of likely N-dealkylation sites (tertiary alicyclic amines) is 1. The molecule has 1 spiro atoms. The van der Waals surface area contributed by atoms with Crippen molar-refractivity contribution in [3.05, 3.63) is 100 Å². The van der Waals surface area contributed by atoms with Crippen LogP contribution in [0.4, 0.5) is 0 Å². The van der Waals surface area contributed by atoms with Gasteiger partial charge in [-0.15, -0.1) is 0 Å². The van der Waals surface area contributed by atoms with Crippen molar-refractivity contribution < 1.29 is 19.1 Å². The van der Waals surface area contributed by atoms with Crippen LogP contribution in [0.5, 0.6) is 0 Å². The van der Waals surface area contributed by atoms with Crippen molar-refractivity contribution in [3.8, 4) is 0 Å². The number of nitrogens with zero attached hydrogens (tertiary/aromatic N) is 3. The monoisotopic (exact) mass is 532 g/mol. The average molecular weight is 533 g/mol. The molecule has 0 radical (unpaired) electrons. The highest BCUT2D eigenvalue weighted by atomic mass is 35.5. The standard InChI is InChI=1S/C29H29ClN4O4/c1-20-5-4-6-22(17-20)27(36)34-25(26(35)32-18-21-9-13-31-14-10-21)19-38-29(34)11-15-33(16-12-29)28(37)23-7-2-3-8-24(23)30/h2-10,13-14,17,25H,11-12,15-16,18-19H2,1H3,(H,32,35)/t25-/m1/s1. The molecule has 1 N–H and O–H groups in total. The summed E-state index contributed by atoms with van der Waals surface area (Å²) in [5.41, 5.74) is 1.81. The van der Waals surface area contributed by atoms with Crippen LogP contribution in [0.15, 0.2) is 73.1 Å². The number of aryl methyl sites for hydroxylation is 1. The zero-order valence-electron chi connectivity index (χ0n) is 21.1. The third-order valence-corrected chi connectivity index (χ3v) is 7.53. The number of ether oxygens (including phenoxy) is 1. The van der Waals surface area contributed by atoms with Crippen LogP contribution in [0.3, 0.4) is 0 Å². The van der Waals surface area contributed by atoms with E-state index in [0.29, 0.717) is 48.6 Å². The maximum atomic E-state index is 13.9. The van der Waals surface area contributed by atoms with Crippen LogP contribution in [0.2, 0.25) is 5.02 Å². The topological polar surface area (TPSA) is 91.8 Å². The van der Waals surface area contributed by atoms with Crippen LogP contribution in [-0.4, -0.2) is 64.0 Å². The van der Waals surface area contributed by atoms with Gasteiger partial charge >= 0.3 is 0 Å². The van der Waals surface area contributed by atoms with E-state index in [-0.39, 0.29) is 24.3 Å². The molecule has 38 heavy (non-hydrogen) atoms. The molecule has 2 aromatic carbocycles. The molecule has 1 atom stereocenters. The second-order valence-electron chi connectivity index (χ2n) is 9.66. The summed E-state index contributed by atoms with van der Waals surface area (Å²) in [6.07, 6.45) is 4.10. The molecule has 2 aliphatic heterocycles. The van der Waals surface area contributed by atoms with Crippen molar-refractivity contribution in [3.63, 3.8) is 0 Å². The largest absolute Gasteiger partial charge is 0.353 e. The number of piperidine rings is 1. The third kappa shape index (κ3) is 5.14. The van der Waals surface area contributed by atoms with E-state index in [9.17, 15) is 14.4 Å². The van der Waals surface area contributed by atoms with Crippen LogP contribution < -0.4 is 5.32 Å². The summed E-state index contributed by atoms with van der Waals surface area (Å²) in [6, 6.07) is 17.1. The fourth-order valence-electron chi connectivity index (χ4n) is 5.16. The molecular formula is C29H29ClN4O4. The Labute approximate surface area is 226 Å². The normalized spacial score (nSPS) is 18.4. The molecule has 0 saturated carbocycles. The number of rotatable bonds is 5. The molecule has 3 heterocycles. The predicted molar refractivity (Wildman–Crippen MR) is 142 cm³/mol. The van der Waals surface area contributed by atoms with Crippen molar-refractivity contribution in [2.75, 3.05) is 19.7 Å². The molecule has 0 bridgehead atoms. The number of carbonyl (C=O) groups excluding carboxylic acids is 3. The quantitative estimate of drug-likeness (QED) is 0.539. The van der Waals surface area contributed by atoms with Gasteiger partial charge in [0, 0.05) is 50.4 Å². The summed E-state index contributed by atoms with van der Waals surface area (Å²) >= 11 is 6.26. The maximum absolute atomic E-state index is 13.9. The molecule has 2 saturated heterocycles. The van der Waals surface area contributed by atoms with Gasteiger partial charge in [0.15, 0.2) is 0 Å². The van der Waals surface area contributed by atoms with Crippen molar-refractivity contribution in [1.82, 2.24) is 20.1 Å². The highest BCUT2D eigenvalue weighted by molar-refractivity contribution is 6.33. The molecule has 3 amide bonds. The minimum absolute atomic E-state index is 0.0815. The summed E-state index contributed by atoms with van der Waals surface area (Å²) in [5, 5.41) is 3.35. The number of amides is 3. The number of carbonyl (C=O) groups is 3. The fourth-order valence-corrected chi connectivity index (χ4v) is 5.37. The number of halogens is 1. The van der Waals surface area contributed by atoms with Gasteiger partial charge in [-0.2, -0.15) is 0 Å². The van der Waals surface area contributed by atoms with Crippen molar-refractivity contribution >= 4 is 29.3 Å². The van der Waals surface area contributed by atoms with Gasteiger partial charge < -0.3 is 15.0 Å². The molecule has 0 unspecified atom stereocenters. The predicted octanol–water partition coefficient (Wildman–Crippen LogP) is 3.83. The van der Waals surface area contributed by atoms with E-state index < -0.39 is 11.8 Å². The van der Waals surface area contributed by atoms with Crippen LogP contribution in [-0.2, 0) is 16.1 Å². The first kappa shape index (κ1) is 25.9. The summed E-state index contributed by atoms with van der Waals surface area (Å²) in [7, 11) is 0. The van der Waals surface area contributed by atoms with E-state index in [2.05, 4.69) is 10.3 Å². The Balaban J connectivity index is 1.37. The zero-order chi connectivity index (χ0) is 26.7. The number of hydrogen-bond acceptors (Lipinski definition) is 5. The van der Waals surface area contributed by atoms with Crippen LogP contribution in [0.25, 0.3) is 0 Å². The lowest BCUT2D eigenvalue weighted by Gasteiger charge is -2.44. The van der Waals surface area contributed by atoms with Gasteiger partial charge in [0.1, 0.15) is 11.8 Å². The lowest BCUT2D eigenvalue weighted by atomic mass is 9.95. The molecule has 5 rings (SSSR count). The number of benzene rings is 2. The second kappa shape index (κ2) is 10.9. The van der Waals surface area contributed by atoms with Crippen molar-refractivity contribution in [1.29, 1.82) is 0 Å². The summed E-state index contributed by atoms with van der Waals surface area (Å²) < 4.78 is 6.28. The number of aromatic nitrogens is 1. The summed E-state index contributed by atoms with van der Waals surface area (Å²) in [5.74, 6) is -0.706. The molecule has 2 fully saturated rings. The fraction of sp³-hybridized carbons (Fsp3) is 0.310. The van der Waals surface area contributed by atoms with E-state index >= 15 is 0 Å². The van der Waals surface area contributed by atoms with E-state index in [1.165, 1.54) is 0 Å². The molecule has 8 nitrogen and oxygen atoms in total. The molecule has 0 aliphatic carbocycles. The van der Waals surface area contributed by atoms with Gasteiger partial charge in [0.25, 0.3) is 11.8 Å². The molecule has 3 aromatic rings. The van der Waals surface area contributed by atoms with E-state index in [0.717, 1.165) is 11.1 Å². The van der Waals surface area contributed by atoms with Crippen LogP contribution >= 0.6 is 11.6 Å². The highest BCUT2D eigenvalue weighted by Crippen LogP contribution is 2.39. The highest BCUT2D eigenvalue weighted by Gasteiger charge is 2.54. The van der Waals surface area contributed by atoms with Gasteiger partial charge in [-0.25, -0.2) is 0 Å². The van der Waals surface area contributed by atoms with Gasteiger partial charge in [0.05, 0.1) is 17.2 Å². The first-order valence-corrected chi connectivity index (χ1v) is 13.0. The van der Waals surface area contributed by atoms with Gasteiger partial charge in [-0.3, -0.25) is 24.3 Å². The Bertz CT molecular complexity index is 1340. The minimum Gasteiger partial charge on any atom is -0.353 e. The van der Waals surface area contributed by atoms with E-state index in [1.807, 2.05) is 37.3 Å². The van der Waals surface area contributed by atoms with Crippen molar-refractivity contribution in [2.45, 2.75) is 38.1 Å². The Hall–Kier alpha value is -3.75. The van der Waals surface area contributed by atoms with E-state index in [4.69, 9.17) is 16.3 Å². The average Bonchev–Trinajstić information content (AvgIpc) is 3.30. The zero-order valence-corrected chi connectivity index (χ0v) is 21.9. The lowest BCUT2D eigenvalue weighted by Crippen LogP contribution is -2.59. The SMILES string of the molecule is Cc1cccc(C(=O)N2[C@@H](C(=O)NCc3ccncc3)COC23CCN(C(=O)c2ccccc2Cl)CC3)c1. The molecule has 1 aromatic heterocycles. The van der Waals surface area contributed by atoms with Gasteiger partial charge in [-0.05, 0) is 48.9 Å². The lowest BCUT2D eigenvalue weighted by molar-refractivity contribution is -0.128. The number of nitrogens with one attached hydrogen (secondary N) is 1. The van der Waals surface area contributed by atoms with Gasteiger partial charge in [0.2, 0.25) is 5.91 Å². The minimum atomic E-state index is -0.989. The first-order chi connectivity index (χ1) is 18.4. The third-order valence-electron chi connectivity index (χ3n) is 7.20. The molecular weight excluding hydrogens is 504 g/mol. The molecule has 2 aliphatic rings. The summed E-state index contributed by atoms with van der Waals surface area (Å²) in [6.45, 7) is 3.06. The smallest absolute Gasteiger partial charge is 0.256 e. The molecule has 9 heteroatoms. The Morgan fingerprint density at radius 3 is 2.47 bits per heavy atom. The molecule has 196 valence electrons. The van der Waals surface area contributed by atoms with Crippen LogP contribution in [0, 0.1) is 6.92 Å². The van der Waals surface area contributed by atoms with Gasteiger partial charge in [-0.1, -0.05) is 41.4 Å². The first-order valence-electron chi connectivity index (χ1n) is 12.6. The van der Waals surface area contributed by atoms with Crippen LogP contribution in [0.1, 0.15) is 44.7 Å². The number of hydrogen-bond donors (Lipinski definition) is 1. The second-order valence-corrected chi connectivity index (χ2v) is 10.1. The Morgan fingerprint density at radius 2 is 1.76 bits per heavy atom. The Morgan fingerprint density at radius 1 is 1.03 bits per heavy atom. The van der Waals surface area contributed by atoms with E-state index in [1.54, 1.807) is 52.5 Å². The Kier molecular flexibility index (Phi) is 7.44.